The largest absolute Gasteiger partial charge is 0.497 e. The number of fused-ring (bicyclic) bond motifs is 1. The average molecular weight is 390 g/mol. The maximum Gasteiger partial charge on any atom is 0.318 e. The topological polar surface area (TPSA) is 61.8 Å². The second kappa shape index (κ2) is 8.13. The maximum atomic E-state index is 12.7. The molecule has 1 saturated heterocycles. The number of rotatable bonds is 7. The van der Waals surface area contributed by atoms with E-state index in [0.29, 0.717) is 25.9 Å². The quantitative estimate of drug-likeness (QED) is 0.646. The molecule has 4 rings (SSSR count). The van der Waals surface area contributed by atoms with Gasteiger partial charge in [0.25, 0.3) is 0 Å². The molecular formula is C24H26N2O3. The fraction of sp³-hybridized carbons (Fsp3) is 0.292. The molecule has 2 amide bonds. The summed E-state index contributed by atoms with van der Waals surface area (Å²) in [5.74, 6) is 0.789. The highest BCUT2D eigenvalue weighted by Crippen LogP contribution is 2.32. The minimum absolute atomic E-state index is 0.0294. The van der Waals surface area contributed by atoms with Crippen molar-refractivity contribution in [3.8, 4) is 5.75 Å². The van der Waals surface area contributed by atoms with Crippen LogP contribution < -0.4 is 10.1 Å². The molecule has 0 spiro atoms. The van der Waals surface area contributed by atoms with Crippen molar-refractivity contribution in [3.63, 3.8) is 0 Å². The van der Waals surface area contributed by atoms with Gasteiger partial charge < -0.3 is 20.1 Å². The summed E-state index contributed by atoms with van der Waals surface area (Å²) in [5, 5.41) is 15.2. The molecule has 0 radical (unpaired) electrons. The summed E-state index contributed by atoms with van der Waals surface area (Å²) in [6.07, 6.45) is 1.21. The molecule has 2 N–H and O–H groups in total. The Hall–Kier alpha value is -3.05. The van der Waals surface area contributed by atoms with Crippen LogP contribution in [0.3, 0.4) is 0 Å². The van der Waals surface area contributed by atoms with Gasteiger partial charge in [-0.3, -0.25) is 0 Å². The van der Waals surface area contributed by atoms with Gasteiger partial charge >= 0.3 is 6.03 Å². The van der Waals surface area contributed by atoms with Crippen LogP contribution in [0.2, 0.25) is 0 Å². The lowest BCUT2D eigenvalue weighted by molar-refractivity contribution is 0.118. The first kappa shape index (κ1) is 19.3. The monoisotopic (exact) mass is 390 g/mol. The lowest BCUT2D eigenvalue weighted by Crippen LogP contribution is -2.49. The van der Waals surface area contributed by atoms with Crippen LogP contribution in [-0.4, -0.2) is 41.8 Å². The van der Waals surface area contributed by atoms with E-state index in [1.165, 1.54) is 10.8 Å². The summed E-state index contributed by atoms with van der Waals surface area (Å²) in [6.45, 7) is 1.04. The molecule has 0 aliphatic carbocycles. The first-order valence-corrected chi connectivity index (χ1v) is 9.90. The minimum Gasteiger partial charge on any atom is -0.497 e. The third kappa shape index (κ3) is 3.91. The van der Waals surface area contributed by atoms with Gasteiger partial charge in [0.05, 0.1) is 12.6 Å². The molecule has 0 bridgehead atoms. The number of benzene rings is 3. The second-order valence-electron chi connectivity index (χ2n) is 7.65. The number of urea groups is 1. The molecule has 1 fully saturated rings. The third-order valence-electron chi connectivity index (χ3n) is 5.81. The Kier molecular flexibility index (Phi) is 5.41. The Bertz CT molecular complexity index is 1000. The normalized spacial score (nSPS) is 18.8. The molecule has 1 aliphatic rings. The van der Waals surface area contributed by atoms with Crippen molar-refractivity contribution < 1.29 is 14.6 Å². The fourth-order valence-corrected chi connectivity index (χ4v) is 4.21. The zero-order valence-corrected chi connectivity index (χ0v) is 16.6. The van der Waals surface area contributed by atoms with Gasteiger partial charge in [0.15, 0.2) is 0 Å². The van der Waals surface area contributed by atoms with Gasteiger partial charge in [-0.05, 0) is 46.9 Å². The predicted molar refractivity (Wildman–Crippen MR) is 114 cm³/mol. The van der Waals surface area contributed by atoms with E-state index >= 15 is 0 Å². The summed E-state index contributed by atoms with van der Waals surface area (Å²) in [4.78, 5) is 14.6. The smallest absolute Gasteiger partial charge is 0.318 e. The molecule has 5 heteroatoms. The van der Waals surface area contributed by atoms with Gasteiger partial charge in [0.1, 0.15) is 5.75 Å². The van der Waals surface area contributed by atoms with E-state index in [1.807, 2.05) is 41.3 Å². The number of aliphatic hydroxyl groups excluding tert-OH is 1. The predicted octanol–water partition coefficient (Wildman–Crippen LogP) is 3.74. The summed E-state index contributed by atoms with van der Waals surface area (Å²) in [7, 11) is 1.64. The van der Waals surface area contributed by atoms with E-state index in [4.69, 9.17) is 4.74 Å². The Morgan fingerprint density at radius 2 is 1.76 bits per heavy atom. The van der Waals surface area contributed by atoms with Crippen molar-refractivity contribution in [3.05, 3.63) is 77.9 Å². The Labute approximate surface area is 170 Å². The molecule has 1 heterocycles. The average Bonchev–Trinajstić information content (AvgIpc) is 3.04. The SMILES string of the molecule is COc1ccc(CN2C(=O)NCC2(CCO)Cc2ccc3ccccc3c2)cc1. The minimum atomic E-state index is -0.464. The summed E-state index contributed by atoms with van der Waals surface area (Å²) in [6, 6.07) is 22.4. The van der Waals surface area contributed by atoms with Crippen molar-refractivity contribution in [1.29, 1.82) is 0 Å². The molecule has 5 nitrogen and oxygen atoms in total. The molecule has 1 unspecified atom stereocenters. The van der Waals surface area contributed by atoms with Crippen LogP contribution in [0, 0.1) is 0 Å². The zero-order valence-electron chi connectivity index (χ0n) is 16.6. The van der Waals surface area contributed by atoms with Crippen molar-refractivity contribution in [1.82, 2.24) is 10.2 Å². The second-order valence-corrected chi connectivity index (χ2v) is 7.65. The molecular weight excluding hydrogens is 364 g/mol. The van der Waals surface area contributed by atoms with Crippen LogP contribution in [0.1, 0.15) is 17.5 Å². The van der Waals surface area contributed by atoms with Crippen molar-refractivity contribution >= 4 is 16.8 Å². The number of carbonyl (C=O) groups excluding carboxylic acids is 1. The van der Waals surface area contributed by atoms with Gasteiger partial charge in [0.2, 0.25) is 0 Å². The number of ether oxygens (including phenoxy) is 1. The maximum absolute atomic E-state index is 12.7. The van der Waals surface area contributed by atoms with Crippen LogP contribution in [0.5, 0.6) is 5.75 Å². The number of carbonyl (C=O) groups is 1. The van der Waals surface area contributed by atoms with Gasteiger partial charge in [-0.2, -0.15) is 0 Å². The zero-order chi connectivity index (χ0) is 20.3. The van der Waals surface area contributed by atoms with Crippen LogP contribution in [0.15, 0.2) is 66.7 Å². The van der Waals surface area contributed by atoms with Gasteiger partial charge in [-0.25, -0.2) is 4.79 Å². The molecule has 3 aromatic carbocycles. The van der Waals surface area contributed by atoms with E-state index in [-0.39, 0.29) is 12.6 Å². The number of amides is 2. The van der Waals surface area contributed by atoms with Gasteiger partial charge in [0, 0.05) is 19.7 Å². The molecule has 3 aromatic rings. The van der Waals surface area contributed by atoms with Crippen LogP contribution in [-0.2, 0) is 13.0 Å². The van der Waals surface area contributed by atoms with Crippen LogP contribution in [0.25, 0.3) is 10.8 Å². The molecule has 0 saturated carbocycles. The van der Waals surface area contributed by atoms with E-state index in [1.54, 1.807) is 7.11 Å². The first-order chi connectivity index (χ1) is 14.1. The standard InChI is InChI=1S/C24H26N2O3/c1-29-22-10-7-18(8-11-22)16-26-23(28)25-17-24(26,12-13-27)15-19-6-9-20-4-2-3-5-21(20)14-19/h2-11,14,27H,12-13,15-17H2,1H3,(H,25,28). The van der Waals surface area contributed by atoms with E-state index < -0.39 is 5.54 Å². The fourth-order valence-electron chi connectivity index (χ4n) is 4.21. The number of hydrogen-bond acceptors (Lipinski definition) is 3. The lowest BCUT2D eigenvalue weighted by Gasteiger charge is -2.37. The summed E-state index contributed by atoms with van der Waals surface area (Å²) in [5.41, 5.74) is 1.73. The number of hydrogen-bond donors (Lipinski definition) is 2. The third-order valence-corrected chi connectivity index (χ3v) is 5.81. The highest BCUT2D eigenvalue weighted by molar-refractivity contribution is 5.83. The van der Waals surface area contributed by atoms with Crippen molar-refractivity contribution in [2.45, 2.75) is 24.9 Å². The van der Waals surface area contributed by atoms with E-state index in [2.05, 4.69) is 35.6 Å². The Morgan fingerprint density at radius 3 is 2.48 bits per heavy atom. The van der Waals surface area contributed by atoms with E-state index in [9.17, 15) is 9.90 Å². The van der Waals surface area contributed by atoms with Crippen LogP contribution in [0.4, 0.5) is 4.79 Å². The number of methoxy groups -OCH3 is 1. The Balaban J connectivity index is 1.63. The molecule has 1 aliphatic heterocycles. The first-order valence-electron chi connectivity index (χ1n) is 9.90. The molecule has 150 valence electrons. The molecule has 1 atom stereocenters. The Morgan fingerprint density at radius 1 is 1.03 bits per heavy atom. The van der Waals surface area contributed by atoms with E-state index in [0.717, 1.165) is 16.9 Å². The highest BCUT2D eigenvalue weighted by Gasteiger charge is 2.44. The summed E-state index contributed by atoms with van der Waals surface area (Å²) >= 11 is 0. The van der Waals surface area contributed by atoms with Gasteiger partial charge in [-0.1, -0.05) is 54.6 Å². The molecule has 29 heavy (non-hydrogen) atoms. The number of nitrogens with zero attached hydrogens (tertiary/aromatic N) is 1. The van der Waals surface area contributed by atoms with Crippen molar-refractivity contribution in [2.24, 2.45) is 0 Å². The summed E-state index contributed by atoms with van der Waals surface area (Å²) < 4.78 is 5.23. The van der Waals surface area contributed by atoms with Gasteiger partial charge in [-0.15, -0.1) is 0 Å². The number of aliphatic hydroxyl groups is 1. The highest BCUT2D eigenvalue weighted by atomic mass is 16.5. The van der Waals surface area contributed by atoms with Crippen molar-refractivity contribution in [2.75, 3.05) is 20.3 Å². The van der Waals surface area contributed by atoms with Crippen LogP contribution >= 0.6 is 0 Å². The number of nitrogens with one attached hydrogen (secondary N) is 1. The molecule has 0 aromatic heterocycles. The lowest BCUT2D eigenvalue weighted by atomic mass is 9.86.